The fraction of sp³-hybridized carbons (Fsp3) is 0.909. The third kappa shape index (κ3) is 2.16. The molecule has 0 aromatic carbocycles. The second-order valence-electron chi connectivity index (χ2n) is 4.68. The smallest absolute Gasteiger partial charge is 0.228 e. The molecule has 2 aliphatic rings. The van der Waals surface area contributed by atoms with Crippen molar-refractivity contribution in [3.63, 3.8) is 0 Å². The van der Waals surface area contributed by atoms with Crippen molar-refractivity contribution in [3.8, 4) is 0 Å². The van der Waals surface area contributed by atoms with Crippen LogP contribution in [0, 0.1) is 11.8 Å². The molecule has 2 unspecified atom stereocenters. The first kappa shape index (κ1) is 10.9. The maximum Gasteiger partial charge on any atom is 0.228 e. The summed E-state index contributed by atoms with van der Waals surface area (Å²) in [6.45, 7) is 5.56. The lowest BCUT2D eigenvalue weighted by atomic mass is 9.93. The number of methoxy groups -OCH3 is 1. The Hall–Kier alpha value is -0.610. The van der Waals surface area contributed by atoms with E-state index in [1.165, 1.54) is 0 Å². The van der Waals surface area contributed by atoms with Gasteiger partial charge in [-0.3, -0.25) is 4.79 Å². The molecule has 2 atom stereocenters. The van der Waals surface area contributed by atoms with Gasteiger partial charge in [-0.15, -0.1) is 0 Å². The third-order valence-corrected chi connectivity index (χ3v) is 3.63. The van der Waals surface area contributed by atoms with Crippen LogP contribution in [0.3, 0.4) is 0 Å². The standard InChI is InChI=1S/C11H20N2O2/c1-8-3-4-13(7-10(8)15-2)11(14)9-5-12-6-9/h8-10,12H,3-7H2,1-2H3. The molecule has 4 heteroatoms. The molecular formula is C11H20N2O2. The van der Waals surface area contributed by atoms with Gasteiger partial charge in [0.2, 0.25) is 5.91 Å². The van der Waals surface area contributed by atoms with E-state index in [4.69, 9.17) is 4.74 Å². The van der Waals surface area contributed by atoms with Crippen LogP contribution in [-0.4, -0.2) is 50.2 Å². The van der Waals surface area contributed by atoms with Crippen LogP contribution < -0.4 is 5.32 Å². The number of carbonyl (C=O) groups excluding carboxylic acids is 1. The highest BCUT2D eigenvalue weighted by molar-refractivity contribution is 5.80. The van der Waals surface area contributed by atoms with Crippen LogP contribution in [0.1, 0.15) is 13.3 Å². The summed E-state index contributed by atoms with van der Waals surface area (Å²) in [6, 6.07) is 0. The molecule has 4 nitrogen and oxygen atoms in total. The lowest BCUT2D eigenvalue weighted by Crippen LogP contribution is -2.55. The number of nitrogens with zero attached hydrogens (tertiary/aromatic N) is 1. The van der Waals surface area contributed by atoms with E-state index < -0.39 is 0 Å². The van der Waals surface area contributed by atoms with Crippen molar-refractivity contribution in [1.82, 2.24) is 10.2 Å². The van der Waals surface area contributed by atoms with Crippen LogP contribution in [0.5, 0.6) is 0 Å². The van der Waals surface area contributed by atoms with Crippen molar-refractivity contribution in [1.29, 1.82) is 0 Å². The van der Waals surface area contributed by atoms with Gasteiger partial charge in [-0.2, -0.15) is 0 Å². The number of rotatable bonds is 2. The predicted molar refractivity (Wildman–Crippen MR) is 57.5 cm³/mol. The van der Waals surface area contributed by atoms with Crippen LogP contribution in [0.2, 0.25) is 0 Å². The van der Waals surface area contributed by atoms with Crippen molar-refractivity contribution in [2.24, 2.45) is 11.8 Å². The Morgan fingerprint density at radius 2 is 2.20 bits per heavy atom. The van der Waals surface area contributed by atoms with Crippen LogP contribution in [0.15, 0.2) is 0 Å². The molecule has 15 heavy (non-hydrogen) atoms. The molecule has 0 aromatic rings. The highest BCUT2D eigenvalue weighted by atomic mass is 16.5. The SMILES string of the molecule is COC1CN(C(=O)C2CNC2)CCC1C. The third-order valence-electron chi connectivity index (χ3n) is 3.63. The number of nitrogens with one attached hydrogen (secondary N) is 1. The monoisotopic (exact) mass is 212 g/mol. The molecule has 0 radical (unpaired) electrons. The number of likely N-dealkylation sites (tertiary alicyclic amines) is 1. The average molecular weight is 212 g/mol. The van der Waals surface area contributed by atoms with Crippen molar-refractivity contribution < 1.29 is 9.53 Å². The van der Waals surface area contributed by atoms with Gasteiger partial charge in [-0.1, -0.05) is 6.92 Å². The summed E-state index contributed by atoms with van der Waals surface area (Å²) in [5.41, 5.74) is 0. The topological polar surface area (TPSA) is 41.6 Å². The van der Waals surface area contributed by atoms with E-state index in [0.29, 0.717) is 11.8 Å². The van der Waals surface area contributed by atoms with Crippen LogP contribution in [0.4, 0.5) is 0 Å². The van der Waals surface area contributed by atoms with Crippen LogP contribution in [-0.2, 0) is 9.53 Å². The molecule has 2 aliphatic heterocycles. The Balaban J connectivity index is 1.90. The van der Waals surface area contributed by atoms with E-state index in [2.05, 4.69) is 12.2 Å². The van der Waals surface area contributed by atoms with Crippen molar-refractivity contribution in [2.75, 3.05) is 33.3 Å². The van der Waals surface area contributed by atoms with E-state index in [1.807, 2.05) is 4.90 Å². The molecular weight excluding hydrogens is 192 g/mol. The Labute approximate surface area is 91.0 Å². The zero-order valence-corrected chi connectivity index (χ0v) is 9.53. The number of carbonyl (C=O) groups is 1. The van der Waals surface area contributed by atoms with Gasteiger partial charge in [0.1, 0.15) is 0 Å². The fourth-order valence-corrected chi connectivity index (χ4v) is 2.26. The Morgan fingerprint density at radius 3 is 2.73 bits per heavy atom. The van der Waals surface area contributed by atoms with Crippen molar-refractivity contribution >= 4 is 5.91 Å². The zero-order chi connectivity index (χ0) is 10.8. The maximum absolute atomic E-state index is 12.0. The van der Waals surface area contributed by atoms with Crippen molar-refractivity contribution in [3.05, 3.63) is 0 Å². The first-order valence-electron chi connectivity index (χ1n) is 5.74. The minimum absolute atomic E-state index is 0.218. The zero-order valence-electron chi connectivity index (χ0n) is 9.53. The minimum Gasteiger partial charge on any atom is -0.379 e. The Morgan fingerprint density at radius 1 is 1.47 bits per heavy atom. The summed E-state index contributed by atoms with van der Waals surface area (Å²) >= 11 is 0. The molecule has 2 heterocycles. The maximum atomic E-state index is 12.0. The van der Waals surface area contributed by atoms with E-state index in [-0.39, 0.29) is 12.0 Å². The van der Waals surface area contributed by atoms with E-state index in [0.717, 1.165) is 32.6 Å². The number of hydrogen-bond acceptors (Lipinski definition) is 3. The van der Waals surface area contributed by atoms with Gasteiger partial charge in [0.15, 0.2) is 0 Å². The Kier molecular flexibility index (Phi) is 3.26. The molecule has 86 valence electrons. The highest BCUT2D eigenvalue weighted by Crippen LogP contribution is 2.21. The minimum atomic E-state index is 0.218. The summed E-state index contributed by atoms with van der Waals surface area (Å²) in [6.07, 6.45) is 1.28. The predicted octanol–water partition coefficient (Wildman–Crippen LogP) is 0.0892. The van der Waals surface area contributed by atoms with Crippen LogP contribution >= 0.6 is 0 Å². The summed E-state index contributed by atoms with van der Waals surface area (Å²) in [5.74, 6) is 1.09. The molecule has 0 aliphatic carbocycles. The molecule has 1 N–H and O–H groups in total. The second kappa shape index (κ2) is 4.49. The van der Waals surface area contributed by atoms with Gasteiger partial charge in [0.05, 0.1) is 12.0 Å². The number of amides is 1. The van der Waals surface area contributed by atoms with Gasteiger partial charge in [0, 0.05) is 33.3 Å². The summed E-state index contributed by atoms with van der Waals surface area (Å²) in [7, 11) is 1.74. The second-order valence-corrected chi connectivity index (χ2v) is 4.68. The first-order valence-corrected chi connectivity index (χ1v) is 5.74. The lowest BCUT2D eigenvalue weighted by molar-refractivity contribution is -0.142. The Bertz CT molecular complexity index is 241. The number of hydrogen-bond donors (Lipinski definition) is 1. The van der Waals surface area contributed by atoms with E-state index in [9.17, 15) is 4.79 Å². The summed E-state index contributed by atoms with van der Waals surface area (Å²) in [5, 5.41) is 3.14. The number of piperidine rings is 1. The van der Waals surface area contributed by atoms with Gasteiger partial charge in [-0.05, 0) is 12.3 Å². The largest absolute Gasteiger partial charge is 0.379 e. The fourth-order valence-electron chi connectivity index (χ4n) is 2.26. The quantitative estimate of drug-likeness (QED) is 0.705. The normalized spacial score (nSPS) is 32.5. The molecule has 1 amide bonds. The van der Waals surface area contributed by atoms with Gasteiger partial charge in [0.25, 0.3) is 0 Å². The van der Waals surface area contributed by atoms with Crippen molar-refractivity contribution in [2.45, 2.75) is 19.4 Å². The molecule has 0 saturated carbocycles. The molecule has 0 bridgehead atoms. The van der Waals surface area contributed by atoms with E-state index in [1.54, 1.807) is 7.11 Å². The van der Waals surface area contributed by atoms with Crippen LogP contribution in [0.25, 0.3) is 0 Å². The van der Waals surface area contributed by atoms with Gasteiger partial charge in [-0.25, -0.2) is 0 Å². The van der Waals surface area contributed by atoms with Gasteiger partial charge >= 0.3 is 0 Å². The lowest BCUT2D eigenvalue weighted by Gasteiger charge is -2.39. The molecule has 2 fully saturated rings. The first-order chi connectivity index (χ1) is 7.22. The van der Waals surface area contributed by atoms with E-state index >= 15 is 0 Å². The molecule has 2 rings (SSSR count). The summed E-state index contributed by atoms with van der Waals surface area (Å²) < 4.78 is 5.41. The summed E-state index contributed by atoms with van der Waals surface area (Å²) in [4.78, 5) is 14.0. The average Bonchev–Trinajstić information content (AvgIpc) is 2.15. The highest BCUT2D eigenvalue weighted by Gasteiger charge is 2.34. The molecule has 0 spiro atoms. The molecule has 2 saturated heterocycles. The molecule has 0 aromatic heterocycles. The number of ether oxygens (including phenoxy) is 1. The van der Waals surface area contributed by atoms with Gasteiger partial charge < -0.3 is 15.0 Å².